The molecule has 0 aromatic heterocycles. The van der Waals surface area contributed by atoms with E-state index in [1.54, 1.807) is 24.3 Å². The Balaban J connectivity index is 1.87. The van der Waals surface area contributed by atoms with Gasteiger partial charge in [0.1, 0.15) is 11.4 Å². The number of sulfonamides is 1. The predicted molar refractivity (Wildman–Crippen MR) is 115 cm³/mol. The summed E-state index contributed by atoms with van der Waals surface area (Å²) in [5.41, 5.74) is -0.0224. The van der Waals surface area contributed by atoms with Crippen LogP contribution in [0.1, 0.15) is 18.1 Å². The van der Waals surface area contributed by atoms with Gasteiger partial charge in [0.15, 0.2) is 0 Å². The van der Waals surface area contributed by atoms with Crippen LogP contribution in [0.3, 0.4) is 0 Å². The summed E-state index contributed by atoms with van der Waals surface area (Å²) in [5.74, 6) is -1.38. The first-order chi connectivity index (χ1) is 14.5. The molecular formula is C21H23ClFN3O4S. The van der Waals surface area contributed by atoms with E-state index in [1.807, 2.05) is 0 Å². The Labute approximate surface area is 185 Å². The van der Waals surface area contributed by atoms with Crippen molar-refractivity contribution in [2.24, 2.45) is 0 Å². The van der Waals surface area contributed by atoms with E-state index in [4.69, 9.17) is 11.6 Å². The molecule has 166 valence electrons. The average Bonchev–Trinajstić information content (AvgIpc) is 2.70. The second kappa shape index (κ2) is 8.94. The van der Waals surface area contributed by atoms with Crippen LogP contribution in [-0.4, -0.2) is 54.3 Å². The van der Waals surface area contributed by atoms with Crippen LogP contribution in [0, 0.1) is 5.82 Å². The van der Waals surface area contributed by atoms with Gasteiger partial charge in [0.2, 0.25) is 21.8 Å². The van der Waals surface area contributed by atoms with Crippen LogP contribution in [0.5, 0.6) is 0 Å². The molecule has 2 aromatic rings. The van der Waals surface area contributed by atoms with E-state index in [0.29, 0.717) is 10.6 Å². The van der Waals surface area contributed by atoms with Gasteiger partial charge in [0, 0.05) is 24.7 Å². The van der Waals surface area contributed by atoms with Crippen molar-refractivity contribution in [3.8, 4) is 0 Å². The van der Waals surface area contributed by atoms with Gasteiger partial charge in [-0.25, -0.2) is 12.8 Å². The van der Waals surface area contributed by atoms with Gasteiger partial charge >= 0.3 is 0 Å². The fourth-order valence-electron chi connectivity index (χ4n) is 3.44. The standard InChI is InChI=1S/C21H23ClFN3O4S/c1-21(20(28)24-11-15-5-9-18(23)10-6-15)14-25(31(2,29)30)13-19(27)26(21)12-16-3-7-17(22)8-4-16/h3-10H,11-14H2,1-2H3,(H,24,28)/t21-/m0/s1. The summed E-state index contributed by atoms with van der Waals surface area (Å²) < 4.78 is 38.4. The van der Waals surface area contributed by atoms with Crippen molar-refractivity contribution < 1.29 is 22.4 Å². The minimum atomic E-state index is -3.69. The third kappa shape index (κ3) is 5.41. The molecule has 0 radical (unpaired) electrons. The van der Waals surface area contributed by atoms with Crippen molar-refractivity contribution >= 4 is 33.4 Å². The lowest BCUT2D eigenvalue weighted by Crippen LogP contribution is -2.69. The number of piperazine rings is 1. The highest BCUT2D eigenvalue weighted by molar-refractivity contribution is 7.88. The first-order valence-electron chi connectivity index (χ1n) is 9.52. The van der Waals surface area contributed by atoms with Crippen molar-refractivity contribution in [3.63, 3.8) is 0 Å². The normalized spacial score (nSPS) is 20.0. The first kappa shape index (κ1) is 23.2. The molecule has 1 N–H and O–H groups in total. The number of carbonyl (C=O) groups is 2. The van der Waals surface area contributed by atoms with Crippen LogP contribution in [-0.2, 0) is 32.7 Å². The Kier molecular flexibility index (Phi) is 6.68. The maximum atomic E-state index is 13.2. The lowest BCUT2D eigenvalue weighted by molar-refractivity contribution is -0.153. The van der Waals surface area contributed by atoms with Gasteiger partial charge in [-0.15, -0.1) is 0 Å². The lowest BCUT2D eigenvalue weighted by Gasteiger charge is -2.46. The molecule has 0 saturated carbocycles. The fourth-order valence-corrected chi connectivity index (χ4v) is 4.39. The monoisotopic (exact) mass is 467 g/mol. The number of hydrogen-bond donors (Lipinski definition) is 1. The number of carbonyl (C=O) groups excluding carboxylic acids is 2. The minimum absolute atomic E-state index is 0.108. The van der Waals surface area contributed by atoms with E-state index >= 15 is 0 Å². The average molecular weight is 468 g/mol. The molecule has 1 atom stereocenters. The number of rotatable bonds is 6. The highest BCUT2D eigenvalue weighted by Crippen LogP contribution is 2.27. The maximum Gasteiger partial charge on any atom is 0.247 e. The molecule has 1 saturated heterocycles. The van der Waals surface area contributed by atoms with Crippen LogP contribution in [0.2, 0.25) is 5.02 Å². The topological polar surface area (TPSA) is 86.8 Å². The van der Waals surface area contributed by atoms with Gasteiger partial charge in [-0.1, -0.05) is 35.9 Å². The van der Waals surface area contributed by atoms with Gasteiger partial charge in [-0.3, -0.25) is 9.59 Å². The van der Waals surface area contributed by atoms with Crippen molar-refractivity contribution in [2.45, 2.75) is 25.6 Å². The summed E-state index contributed by atoms with van der Waals surface area (Å²) in [7, 11) is -3.69. The lowest BCUT2D eigenvalue weighted by atomic mass is 9.94. The van der Waals surface area contributed by atoms with Crippen LogP contribution in [0.4, 0.5) is 4.39 Å². The summed E-state index contributed by atoms with van der Waals surface area (Å²) in [6.07, 6.45) is 1.01. The van der Waals surface area contributed by atoms with Gasteiger partial charge in [0.05, 0.1) is 12.8 Å². The Hall–Kier alpha value is -2.49. The number of nitrogens with zero attached hydrogens (tertiary/aromatic N) is 2. The number of hydrogen-bond acceptors (Lipinski definition) is 4. The summed E-state index contributed by atoms with van der Waals surface area (Å²) in [6.45, 7) is 1.25. The zero-order valence-corrected chi connectivity index (χ0v) is 18.7. The van der Waals surface area contributed by atoms with E-state index < -0.39 is 33.2 Å². The number of nitrogens with one attached hydrogen (secondary N) is 1. The second-order valence-electron chi connectivity index (χ2n) is 7.72. The highest BCUT2D eigenvalue weighted by Gasteiger charge is 2.49. The van der Waals surface area contributed by atoms with Gasteiger partial charge < -0.3 is 10.2 Å². The molecule has 1 fully saturated rings. The molecule has 31 heavy (non-hydrogen) atoms. The molecule has 7 nitrogen and oxygen atoms in total. The van der Waals surface area contributed by atoms with E-state index in [9.17, 15) is 22.4 Å². The van der Waals surface area contributed by atoms with Crippen LogP contribution in [0.15, 0.2) is 48.5 Å². The fraction of sp³-hybridized carbons (Fsp3) is 0.333. The van der Waals surface area contributed by atoms with E-state index in [2.05, 4.69) is 5.32 Å². The Morgan fingerprint density at radius 1 is 1.13 bits per heavy atom. The van der Waals surface area contributed by atoms with Crippen molar-refractivity contribution in [3.05, 3.63) is 70.5 Å². The smallest absolute Gasteiger partial charge is 0.247 e. The van der Waals surface area contributed by atoms with E-state index in [1.165, 1.54) is 36.1 Å². The van der Waals surface area contributed by atoms with Crippen molar-refractivity contribution in [1.29, 1.82) is 0 Å². The first-order valence-corrected chi connectivity index (χ1v) is 11.7. The quantitative estimate of drug-likeness (QED) is 0.705. The molecular weight excluding hydrogens is 445 g/mol. The molecule has 3 rings (SSSR count). The third-order valence-electron chi connectivity index (χ3n) is 5.27. The second-order valence-corrected chi connectivity index (χ2v) is 10.1. The highest BCUT2D eigenvalue weighted by atomic mass is 35.5. The number of amides is 2. The Bertz CT molecular complexity index is 1080. The van der Waals surface area contributed by atoms with Crippen LogP contribution >= 0.6 is 11.6 Å². The summed E-state index contributed by atoms with van der Waals surface area (Å²) >= 11 is 5.93. The molecule has 1 heterocycles. The van der Waals surface area contributed by atoms with Crippen molar-refractivity contribution in [1.82, 2.24) is 14.5 Å². The van der Waals surface area contributed by atoms with Gasteiger partial charge in [-0.05, 0) is 42.3 Å². The van der Waals surface area contributed by atoms with E-state index in [-0.39, 0.29) is 26.2 Å². The summed E-state index contributed by atoms with van der Waals surface area (Å²) in [4.78, 5) is 27.5. The zero-order valence-electron chi connectivity index (χ0n) is 17.1. The molecule has 0 aliphatic carbocycles. The SMILES string of the molecule is C[C@@]1(C(=O)NCc2ccc(F)cc2)CN(S(C)(=O)=O)CC(=O)N1Cc1ccc(Cl)cc1. The molecule has 0 bridgehead atoms. The molecule has 0 unspecified atom stereocenters. The third-order valence-corrected chi connectivity index (χ3v) is 6.72. The number of benzene rings is 2. The molecule has 2 amide bonds. The van der Waals surface area contributed by atoms with E-state index in [0.717, 1.165) is 16.1 Å². The predicted octanol–water partition coefficient (Wildman–Crippen LogP) is 2.16. The summed E-state index contributed by atoms with van der Waals surface area (Å²) in [6, 6.07) is 12.5. The van der Waals surface area contributed by atoms with Crippen LogP contribution < -0.4 is 5.32 Å². The molecule has 1 aliphatic heterocycles. The number of halogens is 2. The Morgan fingerprint density at radius 2 is 1.71 bits per heavy atom. The maximum absolute atomic E-state index is 13.2. The van der Waals surface area contributed by atoms with Crippen molar-refractivity contribution in [2.75, 3.05) is 19.3 Å². The molecule has 0 spiro atoms. The molecule has 10 heteroatoms. The Morgan fingerprint density at radius 3 is 2.29 bits per heavy atom. The van der Waals surface area contributed by atoms with Crippen LogP contribution in [0.25, 0.3) is 0 Å². The molecule has 2 aromatic carbocycles. The summed E-state index contributed by atoms with van der Waals surface area (Å²) in [5, 5.41) is 3.29. The largest absolute Gasteiger partial charge is 0.350 e. The van der Waals surface area contributed by atoms with Gasteiger partial charge in [-0.2, -0.15) is 4.31 Å². The molecule has 1 aliphatic rings. The minimum Gasteiger partial charge on any atom is -0.350 e. The zero-order chi connectivity index (χ0) is 22.8. The van der Waals surface area contributed by atoms with Gasteiger partial charge in [0.25, 0.3) is 0 Å².